The van der Waals surface area contributed by atoms with Gasteiger partial charge in [0.15, 0.2) is 0 Å². The van der Waals surface area contributed by atoms with Gasteiger partial charge in [0.05, 0.1) is 18.7 Å². The Balaban J connectivity index is 1.61. The lowest BCUT2D eigenvalue weighted by atomic mass is 10.0. The van der Waals surface area contributed by atoms with E-state index in [4.69, 9.17) is 4.74 Å². The Bertz CT molecular complexity index is 643. The molecule has 1 aromatic heterocycles. The summed E-state index contributed by atoms with van der Waals surface area (Å²) in [5.41, 5.74) is 1.03. The molecule has 8 nitrogen and oxygen atoms in total. The number of hydrogen-bond donors (Lipinski definition) is 2. The van der Waals surface area contributed by atoms with Crippen molar-refractivity contribution in [2.75, 3.05) is 50.1 Å². The average molecular weight is 360 g/mol. The van der Waals surface area contributed by atoms with Gasteiger partial charge in [0.25, 0.3) is 0 Å². The zero-order chi connectivity index (χ0) is 17.9. The van der Waals surface area contributed by atoms with Gasteiger partial charge >= 0.3 is 0 Å². The predicted molar refractivity (Wildman–Crippen MR) is 99.2 cm³/mol. The largest absolute Gasteiger partial charge is 0.381 e. The predicted octanol–water partition coefficient (Wildman–Crippen LogP) is 0.598. The van der Waals surface area contributed by atoms with Gasteiger partial charge in [-0.1, -0.05) is 0 Å². The van der Waals surface area contributed by atoms with Crippen molar-refractivity contribution in [1.29, 1.82) is 0 Å². The molecule has 3 aliphatic heterocycles. The molecule has 3 aliphatic rings. The number of nitrogens with zero attached hydrogens (tertiary/aromatic N) is 4. The minimum atomic E-state index is 0.163. The average Bonchev–Trinajstić information content (AvgIpc) is 2.80. The van der Waals surface area contributed by atoms with Gasteiger partial charge in [-0.2, -0.15) is 0 Å². The number of aromatic nitrogens is 2. The van der Waals surface area contributed by atoms with E-state index < -0.39 is 0 Å². The number of nitrogens with one attached hydrogen (secondary N) is 2. The van der Waals surface area contributed by atoms with Crippen LogP contribution in [0.3, 0.4) is 0 Å². The molecule has 1 amide bonds. The monoisotopic (exact) mass is 360 g/mol. The van der Waals surface area contributed by atoms with Crippen molar-refractivity contribution in [1.82, 2.24) is 20.2 Å². The van der Waals surface area contributed by atoms with Crippen molar-refractivity contribution in [2.24, 2.45) is 0 Å². The molecule has 0 aliphatic carbocycles. The minimum absolute atomic E-state index is 0.163. The number of rotatable bonds is 3. The Morgan fingerprint density at radius 3 is 2.85 bits per heavy atom. The lowest BCUT2D eigenvalue weighted by Gasteiger charge is -2.34. The first kappa shape index (κ1) is 17.5. The van der Waals surface area contributed by atoms with E-state index in [0.29, 0.717) is 19.1 Å². The van der Waals surface area contributed by atoms with Gasteiger partial charge in [-0.3, -0.25) is 4.79 Å². The van der Waals surface area contributed by atoms with Gasteiger partial charge in [-0.05, 0) is 32.2 Å². The highest BCUT2D eigenvalue weighted by molar-refractivity contribution is 5.84. The van der Waals surface area contributed by atoms with Crippen molar-refractivity contribution >= 4 is 17.5 Å². The summed E-state index contributed by atoms with van der Waals surface area (Å²) in [4.78, 5) is 25.8. The van der Waals surface area contributed by atoms with E-state index in [9.17, 15) is 4.79 Å². The third-order valence-corrected chi connectivity index (χ3v) is 5.58. The highest BCUT2D eigenvalue weighted by atomic mass is 16.5. The van der Waals surface area contributed by atoms with Crippen LogP contribution in [0.2, 0.25) is 0 Å². The van der Waals surface area contributed by atoms with Gasteiger partial charge in [-0.25, -0.2) is 9.97 Å². The van der Waals surface area contributed by atoms with E-state index >= 15 is 0 Å². The summed E-state index contributed by atoms with van der Waals surface area (Å²) in [6.45, 7) is 4.39. The fourth-order valence-electron chi connectivity index (χ4n) is 4.10. The number of hydrogen-bond acceptors (Lipinski definition) is 7. The molecular formula is C18H28N6O2. The molecule has 2 fully saturated rings. The van der Waals surface area contributed by atoms with Gasteiger partial charge in [0, 0.05) is 38.9 Å². The fraction of sp³-hybridized carbons (Fsp3) is 0.722. The van der Waals surface area contributed by atoms with Crippen LogP contribution in [0.1, 0.15) is 31.2 Å². The summed E-state index contributed by atoms with van der Waals surface area (Å²) in [7, 11) is 1.94. The van der Waals surface area contributed by atoms with Crippen molar-refractivity contribution in [3.8, 4) is 0 Å². The lowest BCUT2D eigenvalue weighted by Crippen LogP contribution is -2.49. The third kappa shape index (κ3) is 3.61. The zero-order valence-electron chi connectivity index (χ0n) is 15.4. The summed E-state index contributed by atoms with van der Waals surface area (Å²) < 4.78 is 5.46. The lowest BCUT2D eigenvalue weighted by molar-refractivity contribution is -0.132. The van der Waals surface area contributed by atoms with Gasteiger partial charge < -0.3 is 25.2 Å². The van der Waals surface area contributed by atoms with Crippen LogP contribution in [0.15, 0.2) is 6.33 Å². The van der Waals surface area contributed by atoms with Crippen LogP contribution in [0.5, 0.6) is 0 Å². The van der Waals surface area contributed by atoms with Crippen LogP contribution in [0, 0.1) is 0 Å². The normalized spacial score (nSPS) is 25.0. The van der Waals surface area contributed by atoms with Gasteiger partial charge in [0.2, 0.25) is 5.91 Å². The maximum atomic E-state index is 12.9. The molecule has 8 heteroatoms. The zero-order valence-corrected chi connectivity index (χ0v) is 15.4. The second kappa shape index (κ2) is 7.75. The summed E-state index contributed by atoms with van der Waals surface area (Å²) >= 11 is 0. The number of anilines is 2. The van der Waals surface area contributed by atoms with E-state index in [1.54, 1.807) is 6.33 Å². The highest BCUT2D eigenvalue weighted by Gasteiger charge is 2.32. The van der Waals surface area contributed by atoms with Gasteiger partial charge in [0.1, 0.15) is 18.0 Å². The van der Waals surface area contributed by atoms with E-state index in [-0.39, 0.29) is 11.9 Å². The highest BCUT2D eigenvalue weighted by Crippen LogP contribution is 2.30. The standard InChI is InChI=1S/C18H28N6O2/c1-23-11-16(25)24(14-3-2-6-19-9-14)10-15-17(20-12-21-18(15)23)22-13-4-7-26-8-5-13/h12-14,19H,2-11H2,1H3,(H,20,21,22). The summed E-state index contributed by atoms with van der Waals surface area (Å²) in [6, 6.07) is 0.601. The smallest absolute Gasteiger partial charge is 0.242 e. The minimum Gasteiger partial charge on any atom is -0.381 e. The number of ether oxygens (including phenoxy) is 1. The van der Waals surface area contributed by atoms with Crippen LogP contribution in [-0.2, 0) is 16.1 Å². The van der Waals surface area contributed by atoms with Crippen LogP contribution in [0.25, 0.3) is 0 Å². The number of amides is 1. The molecule has 0 bridgehead atoms. The fourth-order valence-corrected chi connectivity index (χ4v) is 4.10. The SMILES string of the molecule is CN1CC(=O)N(C2CCCNC2)Cc2c(NC3CCOCC3)ncnc21. The molecule has 1 aromatic rings. The molecule has 142 valence electrons. The quantitative estimate of drug-likeness (QED) is 0.817. The van der Waals surface area contributed by atoms with E-state index in [0.717, 1.165) is 69.2 Å². The Morgan fingerprint density at radius 1 is 1.23 bits per heavy atom. The number of likely N-dealkylation sites (N-methyl/N-ethyl adjacent to an activating group) is 1. The molecule has 1 atom stereocenters. The second-order valence-corrected chi connectivity index (χ2v) is 7.43. The van der Waals surface area contributed by atoms with Crippen LogP contribution in [0.4, 0.5) is 11.6 Å². The van der Waals surface area contributed by atoms with Crippen molar-refractivity contribution in [3.05, 3.63) is 11.9 Å². The summed E-state index contributed by atoms with van der Waals surface area (Å²) in [5, 5.41) is 7.00. The molecule has 26 heavy (non-hydrogen) atoms. The molecule has 0 radical (unpaired) electrons. The first-order chi connectivity index (χ1) is 12.7. The number of carbonyl (C=O) groups excluding carboxylic acids is 1. The number of fused-ring (bicyclic) bond motifs is 1. The summed E-state index contributed by atoms with van der Waals surface area (Å²) in [5.74, 6) is 1.88. The molecule has 2 N–H and O–H groups in total. The molecule has 0 aromatic carbocycles. The van der Waals surface area contributed by atoms with Crippen LogP contribution < -0.4 is 15.5 Å². The molecule has 4 rings (SSSR count). The Hall–Kier alpha value is -1.93. The maximum absolute atomic E-state index is 12.9. The first-order valence-corrected chi connectivity index (χ1v) is 9.62. The molecule has 1 unspecified atom stereocenters. The molecule has 2 saturated heterocycles. The van der Waals surface area contributed by atoms with Crippen molar-refractivity contribution < 1.29 is 9.53 Å². The Kier molecular flexibility index (Phi) is 5.21. The van der Waals surface area contributed by atoms with Gasteiger partial charge in [-0.15, -0.1) is 0 Å². The molecule has 0 saturated carbocycles. The van der Waals surface area contributed by atoms with Crippen LogP contribution >= 0.6 is 0 Å². The van der Waals surface area contributed by atoms with Crippen molar-refractivity contribution in [2.45, 2.75) is 44.3 Å². The Labute approximate surface area is 154 Å². The first-order valence-electron chi connectivity index (χ1n) is 9.62. The van der Waals surface area contributed by atoms with E-state index in [1.165, 1.54) is 0 Å². The molecular weight excluding hydrogens is 332 g/mol. The summed E-state index contributed by atoms with van der Waals surface area (Å²) in [6.07, 6.45) is 5.71. The number of carbonyl (C=O) groups is 1. The van der Waals surface area contributed by atoms with Crippen LogP contribution in [-0.4, -0.2) is 72.8 Å². The second-order valence-electron chi connectivity index (χ2n) is 7.43. The third-order valence-electron chi connectivity index (χ3n) is 5.58. The van der Waals surface area contributed by atoms with E-state index in [2.05, 4.69) is 20.6 Å². The molecule has 0 spiro atoms. The topological polar surface area (TPSA) is 82.6 Å². The number of piperidine rings is 1. The van der Waals surface area contributed by atoms with Crippen molar-refractivity contribution in [3.63, 3.8) is 0 Å². The maximum Gasteiger partial charge on any atom is 0.242 e. The molecule has 4 heterocycles. The Morgan fingerprint density at radius 2 is 2.08 bits per heavy atom. The van der Waals surface area contributed by atoms with E-state index in [1.807, 2.05) is 16.8 Å².